The number of guanidine groups is 1. The zero-order valence-electron chi connectivity index (χ0n) is 7.84. The predicted molar refractivity (Wildman–Crippen MR) is 62.9 cm³/mol. The lowest BCUT2D eigenvalue weighted by atomic mass is 10.3. The van der Waals surface area contributed by atoms with Crippen molar-refractivity contribution in [3.05, 3.63) is 30.3 Å². The van der Waals surface area contributed by atoms with E-state index in [0.717, 1.165) is 5.69 Å². The summed E-state index contributed by atoms with van der Waals surface area (Å²) in [6, 6.07) is 9.37. The van der Waals surface area contributed by atoms with Gasteiger partial charge in [-0.05, 0) is 18.4 Å². The molecular weight excluding hydrogens is 196 g/mol. The molecule has 4 nitrogen and oxygen atoms in total. The van der Waals surface area contributed by atoms with Crippen LogP contribution in [0, 0.1) is 0 Å². The number of hydrogen-bond acceptors (Lipinski definition) is 2. The molecule has 0 fully saturated rings. The molecule has 0 aliphatic rings. The first kappa shape index (κ1) is 10.6. The van der Waals surface area contributed by atoms with E-state index < -0.39 is 0 Å². The van der Waals surface area contributed by atoms with Gasteiger partial charge in [0.1, 0.15) is 0 Å². The fraction of sp³-hybridized carbons (Fsp3) is 0.111. The van der Waals surface area contributed by atoms with E-state index in [1.165, 1.54) is 11.8 Å². The molecule has 1 rings (SSSR count). The number of nitrogens with two attached hydrogens (primary N) is 2. The molecule has 0 heterocycles. The van der Waals surface area contributed by atoms with E-state index >= 15 is 0 Å². The van der Waals surface area contributed by atoms with Crippen LogP contribution in [-0.4, -0.2) is 17.4 Å². The Bertz CT molecular complexity index is 345. The monoisotopic (exact) mass is 208 g/mol. The molecule has 0 aliphatic carbocycles. The lowest BCUT2D eigenvalue weighted by Crippen LogP contribution is -2.15. The maximum absolute atomic E-state index is 5.55. The molecule has 1 aromatic carbocycles. The molecule has 5 heteroatoms. The van der Waals surface area contributed by atoms with Crippen LogP contribution in [0.2, 0.25) is 0 Å². The molecule has 0 aromatic heterocycles. The van der Waals surface area contributed by atoms with Gasteiger partial charge >= 0.3 is 0 Å². The Kier molecular flexibility index (Phi) is 4.00. The largest absolute Gasteiger partial charge is 0.378 e. The Morgan fingerprint density at radius 1 is 1.21 bits per heavy atom. The summed E-state index contributed by atoms with van der Waals surface area (Å²) < 4.78 is 0. The second kappa shape index (κ2) is 5.29. The molecule has 0 saturated carbocycles. The number of para-hydroxylation sites is 1. The number of benzene rings is 1. The molecule has 0 unspecified atom stereocenters. The van der Waals surface area contributed by atoms with Crippen LogP contribution in [0.5, 0.6) is 0 Å². The van der Waals surface area contributed by atoms with Crippen molar-refractivity contribution >= 4 is 28.6 Å². The molecule has 0 aliphatic heterocycles. The van der Waals surface area contributed by atoms with Crippen LogP contribution in [0.3, 0.4) is 0 Å². The van der Waals surface area contributed by atoms with Crippen LogP contribution in [0.15, 0.2) is 40.3 Å². The Morgan fingerprint density at radius 2 is 1.86 bits per heavy atom. The van der Waals surface area contributed by atoms with Crippen molar-refractivity contribution in [2.45, 2.75) is 0 Å². The highest BCUT2D eigenvalue weighted by atomic mass is 32.2. The zero-order chi connectivity index (χ0) is 10.4. The second-order valence-electron chi connectivity index (χ2n) is 2.46. The lowest BCUT2D eigenvalue weighted by molar-refractivity contribution is 1.41. The minimum atomic E-state index is 0.169. The van der Waals surface area contributed by atoms with E-state index in [4.69, 9.17) is 11.5 Å². The minimum absolute atomic E-state index is 0.169. The summed E-state index contributed by atoms with van der Waals surface area (Å²) in [5.41, 5.74) is 11.8. The number of nitrogens with zero attached hydrogens (tertiary/aromatic N) is 2. The molecule has 1 aromatic rings. The highest BCUT2D eigenvalue weighted by molar-refractivity contribution is 8.13. The topological polar surface area (TPSA) is 76.8 Å². The summed E-state index contributed by atoms with van der Waals surface area (Å²) in [5, 5.41) is 0.405. The summed E-state index contributed by atoms with van der Waals surface area (Å²) in [6.45, 7) is 0. The third kappa shape index (κ3) is 3.49. The highest BCUT2D eigenvalue weighted by Gasteiger charge is 1.92. The van der Waals surface area contributed by atoms with E-state index in [0.29, 0.717) is 5.17 Å². The summed E-state index contributed by atoms with van der Waals surface area (Å²) in [5.74, 6) is 0.169. The predicted octanol–water partition coefficient (Wildman–Crippen LogP) is 1.31. The van der Waals surface area contributed by atoms with Gasteiger partial charge in [-0.15, -0.1) is 0 Å². The third-order valence-electron chi connectivity index (χ3n) is 1.43. The summed E-state index contributed by atoms with van der Waals surface area (Å²) in [4.78, 5) is 7.94. The molecule has 4 N–H and O–H groups in total. The number of rotatable bonds is 1. The first-order chi connectivity index (χ1) is 6.72. The van der Waals surface area contributed by atoms with E-state index in [2.05, 4.69) is 9.98 Å². The van der Waals surface area contributed by atoms with Gasteiger partial charge in [-0.3, -0.25) is 0 Å². The van der Waals surface area contributed by atoms with Gasteiger partial charge in [0.15, 0.2) is 5.17 Å². The van der Waals surface area contributed by atoms with Crippen molar-refractivity contribution in [3.63, 3.8) is 0 Å². The smallest absolute Gasteiger partial charge is 0.222 e. The summed E-state index contributed by atoms with van der Waals surface area (Å²) in [7, 11) is 0. The molecule has 74 valence electrons. The van der Waals surface area contributed by atoms with E-state index in [-0.39, 0.29) is 5.96 Å². The molecule has 0 radical (unpaired) electrons. The van der Waals surface area contributed by atoms with Gasteiger partial charge in [0.25, 0.3) is 0 Å². The van der Waals surface area contributed by atoms with Gasteiger partial charge in [0.2, 0.25) is 5.96 Å². The fourth-order valence-corrected chi connectivity index (χ4v) is 1.00. The first-order valence-electron chi connectivity index (χ1n) is 3.99. The standard InChI is InChI=1S/C9H12N4S/c1-14-9(11)13-8(10)12-7-5-3-2-4-6-7/h2-6H,1H3,(H4,10,11,12,13). The number of hydrogen-bond donors (Lipinski definition) is 2. The van der Waals surface area contributed by atoms with Gasteiger partial charge < -0.3 is 11.5 Å². The van der Waals surface area contributed by atoms with E-state index in [9.17, 15) is 0 Å². The molecule has 0 spiro atoms. The SMILES string of the molecule is CS/C(N)=N/C(N)=Nc1ccccc1. The Labute approximate surface area is 87.1 Å². The number of thioether (sulfide) groups is 1. The quantitative estimate of drug-likeness (QED) is 0.539. The molecule has 0 amide bonds. The molecule has 0 bridgehead atoms. The van der Waals surface area contributed by atoms with Crippen LogP contribution in [0.1, 0.15) is 0 Å². The van der Waals surface area contributed by atoms with Gasteiger partial charge in [0.05, 0.1) is 5.69 Å². The molecule has 0 saturated heterocycles. The van der Waals surface area contributed by atoms with Gasteiger partial charge in [-0.2, -0.15) is 4.99 Å². The van der Waals surface area contributed by atoms with Crippen molar-refractivity contribution in [3.8, 4) is 0 Å². The normalized spacial score (nSPS) is 12.9. The van der Waals surface area contributed by atoms with Crippen LogP contribution < -0.4 is 11.5 Å². The lowest BCUT2D eigenvalue weighted by Gasteiger charge is -1.96. The van der Waals surface area contributed by atoms with Gasteiger partial charge in [-0.25, -0.2) is 4.99 Å². The average Bonchev–Trinajstić information content (AvgIpc) is 2.19. The maximum atomic E-state index is 5.55. The van der Waals surface area contributed by atoms with Crippen molar-refractivity contribution in [1.29, 1.82) is 0 Å². The van der Waals surface area contributed by atoms with E-state index in [1.54, 1.807) is 0 Å². The molecular formula is C9H12N4S. The minimum Gasteiger partial charge on any atom is -0.378 e. The maximum Gasteiger partial charge on any atom is 0.222 e. The third-order valence-corrected chi connectivity index (χ3v) is 1.94. The van der Waals surface area contributed by atoms with Crippen LogP contribution in [0.25, 0.3) is 0 Å². The molecule has 0 atom stereocenters. The van der Waals surface area contributed by atoms with Crippen LogP contribution in [-0.2, 0) is 0 Å². The Morgan fingerprint density at radius 3 is 2.43 bits per heavy atom. The fourth-order valence-electron chi connectivity index (χ4n) is 0.818. The first-order valence-corrected chi connectivity index (χ1v) is 5.22. The van der Waals surface area contributed by atoms with E-state index in [1.807, 2.05) is 36.6 Å². The molecule has 14 heavy (non-hydrogen) atoms. The van der Waals surface area contributed by atoms with Crippen LogP contribution >= 0.6 is 11.8 Å². The van der Waals surface area contributed by atoms with Crippen molar-refractivity contribution in [2.24, 2.45) is 21.5 Å². The highest BCUT2D eigenvalue weighted by Crippen LogP contribution is 2.09. The number of amidine groups is 1. The summed E-state index contributed by atoms with van der Waals surface area (Å²) in [6.07, 6.45) is 1.83. The van der Waals surface area contributed by atoms with Crippen molar-refractivity contribution in [2.75, 3.05) is 6.26 Å². The summed E-state index contributed by atoms with van der Waals surface area (Å²) >= 11 is 1.33. The second-order valence-corrected chi connectivity index (χ2v) is 3.29. The Hall–Kier alpha value is -1.49. The van der Waals surface area contributed by atoms with Gasteiger partial charge in [-0.1, -0.05) is 30.0 Å². The zero-order valence-corrected chi connectivity index (χ0v) is 8.66. The van der Waals surface area contributed by atoms with Gasteiger partial charge in [0, 0.05) is 0 Å². The average molecular weight is 208 g/mol. The van der Waals surface area contributed by atoms with Crippen molar-refractivity contribution in [1.82, 2.24) is 0 Å². The van der Waals surface area contributed by atoms with Crippen molar-refractivity contribution < 1.29 is 0 Å². The Balaban J connectivity index is 2.79. The number of aliphatic imine (C=N–C) groups is 2. The van der Waals surface area contributed by atoms with Crippen LogP contribution in [0.4, 0.5) is 5.69 Å².